The molecule has 1 aromatic heterocycles. The fourth-order valence-corrected chi connectivity index (χ4v) is 5.68. The summed E-state index contributed by atoms with van der Waals surface area (Å²) >= 11 is 0. The minimum atomic E-state index is -0.753. The summed E-state index contributed by atoms with van der Waals surface area (Å²) in [6.45, 7) is 11.7. The molecule has 5 rings (SSSR count). The minimum Gasteiger partial charge on any atom is -0.468 e. The number of hydrogen-bond donors (Lipinski definition) is 1. The summed E-state index contributed by atoms with van der Waals surface area (Å²) in [5, 5.41) is 0. The highest BCUT2D eigenvalue weighted by molar-refractivity contribution is 5.69. The molecule has 38 heavy (non-hydrogen) atoms. The number of nitrogens with zero attached hydrogens (tertiary/aromatic N) is 3. The van der Waals surface area contributed by atoms with Crippen molar-refractivity contribution < 1.29 is 23.4 Å². The Bertz CT molecular complexity index is 1170. The van der Waals surface area contributed by atoms with Crippen molar-refractivity contribution in [1.82, 2.24) is 14.9 Å². The number of rotatable bonds is 8. The molecule has 2 N–H and O–H groups in total. The number of amides is 1. The Kier molecular flexibility index (Phi) is 7.26. The summed E-state index contributed by atoms with van der Waals surface area (Å²) in [6.07, 6.45) is 4.40. The Hall–Kier alpha value is -2.91. The number of aromatic nitrogens is 2. The van der Waals surface area contributed by atoms with E-state index in [1.54, 1.807) is 4.90 Å². The normalized spacial score (nSPS) is 26.5. The van der Waals surface area contributed by atoms with Crippen LogP contribution < -0.4 is 10.5 Å². The van der Waals surface area contributed by atoms with Gasteiger partial charge in [0.05, 0.1) is 18.9 Å². The highest BCUT2D eigenvalue weighted by atomic mass is 19.1. The lowest BCUT2D eigenvalue weighted by Crippen LogP contribution is -2.65. The number of halogens is 1. The molecule has 2 saturated heterocycles. The number of benzene rings is 1. The number of ether oxygens (including phenoxy) is 3. The lowest BCUT2D eigenvalue weighted by Gasteiger charge is -2.52. The summed E-state index contributed by atoms with van der Waals surface area (Å²) in [5.41, 5.74) is 8.99. The van der Waals surface area contributed by atoms with Crippen LogP contribution in [0, 0.1) is 31.5 Å². The molecule has 9 heteroatoms. The van der Waals surface area contributed by atoms with Gasteiger partial charge < -0.3 is 24.8 Å². The van der Waals surface area contributed by atoms with E-state index in [0.717, 1.165) is 24.8 Å². The zero-order valence-corrected chi connectivity index (χ0v) is 22.5. The first-order chi connectivity index (χ1) is 18.1. The molecule has 3 unspecified atom stereocenters. The summed E-state index contributed by atoms with van der Waals surface area (Å²) in [5.74, 6) is -0.962. The quantitative estimate of drug-likeness (QED) is 0.512. The molecule has 1 saturated carbocycles. The van der Waals surface area contributed by atoms with Gasteiger partial charge in [-0.05, 0) is 49.8 Å². The molecule has 1 amide bonds. The smallest absolute Gasteiger partial charge is 0.413 e. The van der Waals surface area contributed by atoms with Crippen molar-refractivity contribution in [2.24, 2.45) is 17.6 Å². The van der Waals surface area contributed by atoms with Crippen LogP contribution in [0.3, 0.4) is 0 Å². The first-order valence-corrected chi connectivity index (χ1v) is 13.6. The number of fused-ring (bicyclic) bond motifs is 2. The molecule has 1 aliphatic carbocycles. The molecule has 8 nitrogen and oxygen atoms in total. The van der Waals surface area contributed by atoms with Crippen LogP contribution >= 0.6 is 0 Å². The number of aryl methyl sites for hydroxylation is 2. The Balaban J connectivity index is 1.27. The Morgan fingerprint density at radius 2 is 2.00 bits per heavy atom. The zero-order chi connectivity index (χ0) is 27.1. The molecular weight excluding hydrogens is 487 g/mol. The molecule has 3 aliphatic rings. The maximum absolute atomic E-state index is 15.6. The SMILES string of the molecule is [CH2+]C1(OC(=O)N2CC3COCC(C2)C3(C)Oc2ncnc(CCC(N)c3cccc(CC)c3C)c2F)CC1. The fraction of sp³-hybridized carbons (Fsp3) is 0.586. The highest BCUT2D eigenvalue weighted by Gasteiger charge is 2.55. The number of hydrogen-bond acceptors (Lipinski definition) is 7. The summed E-state index contributed by atoms with van der Waals surface area (Å²) in [7, 11) is 0. The molecule has 2 aliphatic heterocycles. The first kappa shape index (κ1) is 26.7. The van der Waals surface area contributed by atoms with Gasteiger partial charge in [0.1, 0.15) is 18.9 Å². The predicted octanol–water partition coefficient (Wildman–Crippen LogP) is 4.34. The molecule has 1 aromatic carbocycles. The third-order valence-corrected chi connectivity index (χ3v) is 8.62. The number of carbonyl (C=O) groups is 1. The second kappa shape index (κ2) is 10.3. The van der Waals surface area contributed by atoms with E-state index in [9.17, 15) is 4.79 Å². The van der Waals surface area contributed by atoms with Gasteiger partial charge in [0, 0.05) is 43.8 Å². The second-order valence-corrected chi connectivity index (χ2v) is 11.2. The molecule has 0 spiro atoms. The first-order valence-electron chi connectivity index (χ1n) is 13.6. The van der Waals surface area contributed by atoms with Crippen LogP contribution in [0.1, 0.15) is 61.5 Å². The van der Waals surface area contributed by atoms with E-state index < -0.39 is 17.0 Å². The van der Waals surface area contributed by atoms with E-state index in [-0.39, 0.29) is 35.5 Å². The van der Waals surface area contributed by atoms with Crippen molar-refractivity contribution in [3.63, 3.8) is 0 Å². The van der Waals surface area contributed by atoms with Crippen LogP contribution in [-0.2, 0) is 22.3 Å². The average Bonchev–Trinajstić information content (AvgIpc) is 3.60. The largest absolute Gasteiger partial charge is 0.468 e. The van der Waals surface area contributed by atoms with Gasteiger partial charge in [-0.3, -0.25) is 0 Å². The molecule has 2 bridgehead atoms. The molecule has 2 aromatic rings. The predicted molar refractivity (Wildman–Crippen MR) is 140 cm³/mol. The molecule has 3 heterocycles. The second-order valence-electron chi connectivity index (χ2n) is 11.2. The lowest BCUT2D eigenvalue weighted by atomic mass is 9.73. The zero-order valence-electron chi connectivity index (χ0n) is 22.5. The third-order valence-electron chi connectivity index (χ3n) is 8.62. The van der Waals surface area contributed by atoms with E-state index in [0.29, 0.717) is 39.1 Å². The van der Waals surface area contributed by atoms with Crippen LogP contribution in [0.25, 0.3) is 0 Å². The summed E-state index contributed by atoms with van der Waals surface area (Å²) < 4.78 is 33.3. The van der Waals surface area contributed by atoms with Crippen LogP contribution in [0.15, 0.2) is 24.5 Å². The van der Waals surface area contributed by atoms with Gasteiger partial charge in [0.15, 0.2) is 0 Å². The maximum Gasteiger partial charge on any atom is 0.413 e. The van der Waals surface area contributed by atoms with E-state index in [4.69, 9.17) is 19.9 Å². The number of carbonyl (C=O) groups excluding carboxylic acids is 1. The highest BCUT2D eigenvalue weighted by Crippen LogP contribution is 2.43. The third kappa shape index (κ3) is 5.18. The van der Waals surface area contributed by atoms with Crippen LogP contribution in [0.2, 0.25) is 0 Å². The standard InChI is InChI=1S/C29H38FN4O4/c1-5-19-7-6-8-22(18(19)2)23(31)9-10-24-25(30)26(33-17-32-24)37-29(4)20-13-34(14-21(29)16-36-15-20)27(35)38-28(3)11-12-28/h6-8,17,20-21,23H,3,5,9-16,31H2,1-2,4H3/q+1. The van der Waals surface area contributed by atoms with E-state index in [1.807, 2.05) is 19.1 Å². The fourth-order valence-electron chi connectivity index (χ4n) is 5.68. The number of nitrogens with two attached hydrogens (primary N) is 1. The van der Waals surface area contributed by atoms with Crippen molar-refractivity contribution >= 4 is 6.09 Å². The number of likely N-dealkylation sites (tertiary alicyclic amines) is 1. The number of piperidine rings is 1. The Labute approximate surface area is 224 Å². The van der Waals surface area contributed by atoms with Crippen molar-refractivity contribution in [3.8, 4) is 5.88 Å². The minimum absolute atomic E-state index is 0.0714. The Morgan fingerprint density at radius 3 is 2.66 bits per heavy atom. The average molecular weight is 526 g/mol. The van der Waals surface area contributed by atoms with Gasteiger partial charge in [-0.25, -0.2) is 9.78 Å². The van der Waals surface area contributed by atoms with Crippen molar-refractivity contribution in [1.29, 1.82) is 0 Å². The molecule has 0 radical (unpaired) electrons. The van der Waals surface area contributed by atoms with Gasteiger partial charge in [0.2, 0.25) is 11.4 Å². The van der Waals surface area contributed by atoms with Crippen LogP contribution in [0.4, 0.5) is 9.18 Å². The molecule has 3 fully saturated rings. The molecule has 3 atom stereocenters. The van der Waals surface area contributed by atoms with Gasteiger partial charge >= 0.3 is 6.09 Å². The van der Waals surface area contributed by atoms with Gasteiger partial charge in [-0.1, -0.05) is 25.1 Å². The van der Waals surface area contributed by atoms with Gasteiger partial charge in [-0.15, -0.1) is 0 Å². The van der Waals surface area contributed by atoms with Crippen molar-refractivity contribution in [2.45, 2.75) is 70.1 Å². The topological polar surface area (TPSA) is 99.8 Å². The maximum atomic E-state index is 15.6. The Morgan fingerprint density at radius 1 is 1.29 bits per heavy atom. The van der Waals surface area contributed by atoms with E-state index in [2.05, 4.69) is 36.8 Å². The summed E-state index contributed by atoms with van der Waals surface area (Å²) in [4.78, 5) is 22.8. The van der Waals surface area contributed by atoms with Crippen LogP contribution in [-0.4, -0.2) is 58.5 Å². The van der Waals surface area contributed by atoms with E-state index >= 15 is 4.39 Å². The lowest BCUT2D eigenvalue weighted by molar-refractivity contribution is -0.166. The molecule has 204 valence electrons. The molecular formula is C29H38FN4O4+. The van der Waals surface area contributed by atoms with Gasteiger partial charge in [-0.2, -0.15) is 9.37 Å². The van der Waals surface area contributed by atoms with E-state index in [1.165, 1.54) is 17.5 Å². The van der Waals surface area contributed by atoms with Gasteiger partial charge in [0.25, 0.3) is 5.88 Å². The van der Waals surface area contributed by atoms with Crippen LogP contribution in [0.5, 0.6) is 5.88 Å². The van der Waals surface area contributed by atoms with Crippen molar-refractivity contribution in [2.75, 3.05) is 26.3 Å². The monoisotopic (exact) mass is 525 g/mol. The van der Waals surface area contributed by atoms with Crippen molar-refractivity contribution in [3.05, 3.63) is 59.7 Å². The summed E-state index contributed by atoms with van der Waals surface area (Å²) in [6, 6.07) is 5.94.